The zero-order chi connectivity index (χ0) is 22.0. The Morgan fingerprint density at radius 3 is 2.65 bits per heavy atom. The molecule has 0 aromatic heterocycles. The maximum atomic E-state index is 12.4. The van der Waals surface area contributed by atoms with Crippen LogP contribution in [0.5, 0.6) is 11.5 Å². The Kier molecular flexibility index (Phi) is 6.08. The van der Waals surface area contributed by atoms with Gasteiger partial charge >= 0.3 is 5.97 Å². The smallest absolute Gasteiger partial charge is 0.363 e. The van der Waals surface area contributed by atoms with Gasteiger partial charge in [-0.05, 0) is 77.3 Å². The number of hydrogen-bond donors (Lipinski definition) is 0. The summed E-state index contributed by atoms with van der Waals surface area (Å²) in [4.78, 5) is 30.4. The highest BCUT2D eigenvalue weighted by Gasteiger charge is 2.26. The fourth-order valence-electron chi connectivity index (χ4n) is 3.53. The van der Waals surface area contributed by atoms with Crippen LogP contribution in [0.25, 0.3) is 6.08 Å². The Morgan fingerprint density at radius 1 is 1.23 bits per heavy atom. The molecule has 0 atom stereocenters. The van der Waals surface area contributed by atoms with Crippen molar-refractivity contribution in [3.8, 4) is 11.5 Å². The molecule has 0 saturated carbocycles. The largest absolute Gasteiger partial charge is 0.492 e. The van der Waals surface area contributed by atoms with E-state index in [1.807, 2.05) is 25.1 Å². The summed E-state index contributed by atoms with van der Waals surface area (Å²) in [5.74, 6) is 0.971. The number of anilines is 1. The molecule has 2 aromatic rings. The summed E-state index contributed by atoms with van der Waals surface area (Å²) in [7, 11) is 1.57. The standard InChI is InChI=1S/C23H21BrN2O5/c1-3-30-19-13-14(11-17(24)21(19)29-2)12-18-23(28)31-22(25-18)15-6-8-16(9-7-15)26-10-4-5-20(26)27/h6-9,11-13H,3-5,10H2,1-2H3. The fraction of sp³-hybridized carbons (Fsp3) is 0.261. The molecule has 0 N–H and O–H groups in total. The molecule has 160 valence electrons. The topological polar surface area (TPSA) is 77.4 Å². The van der Waals surface area contributed by atoms with E-state index in [1.54, 1.807) is 36.3 Å². The van der Waals surface area contributed by atoms with Gasteiger partial charge in [0, 0.05) is 24.2 Å². The van der Waals surface area contributed by atoms with Gasteiger partial charge in [0.05, 0.1) is 18.2 Å². The molecule has 0 bridgehead atoms. The minimum atomic E-state index is -0.529. The highest BCUT2D eigenvalue weighted by Crippen LogP contribution is 2.37. The third-order valence-electron chi connectivity index (χ3n) is 4.96. The lowest BCUT2D eigenvalue weighted by atomic mass is 10.1. The monoisotopic (exact) mass is 484 g/mol. The molecule has 8 heteroatoms. The lowest BCUT2D eigenvalue weighted by Crippen LogP contribution is -2.23. The van der Waals surface area contributed by atoms with Crippen LogP contribution in [-0.2, 0) is 14.3 Å². The number of amides is 1. The third kappa shape index (κ3) is 4.34. The van der Waals surface area contributed by atoms with Crippen LogP contribution in [-0.4, -0.2) is 38.0 Å². The van der Waals surface area contributed by atoms with E-state index in [0.717, 1.165) is 24.2 Å². The minimum Gasteiger partial charge on any atom is -0.492 e. The summed E-state index contributed by atoms with van der Waals surface area (Å²) in [5.41, 5.74) is 2.40. The number of cyclic esters (lactones) is 1. The number of aliphatic imine (C=N–C) groups is 1. The number of hydrogen-bond acceptors (Lipinski definition) is 6. The van der Waals surface area contributed by atoms with Crippen LogP contribution >= 0.6 is 15.9 Å². The molecular weight excluding hydrogens is 464 g/mol. The Balaban J connectivity index is 1.60. The second-order valence-corrected chi connectivity index (χ2v) is 7.85. The van der Waals surface area contributed by atoms with Crippen LogP contribution < -0.4 is 14.4 Å². The molecule has 31 heavy (non-hydrogen) atoms. The molecule has 0 spiro atoms. The number of methoxy groups -OCH3 is 1. The van der Waals surface area contributed by atoms with Crippen LogP contribution in [0.1, 0.15) is 30.9 Å². The maximum absolute atomic E-state index is 12.4. The van der Waals surface area contributed by atoms with Crippen molar-refractivity contribution in [1.82, 2.24) is 0 Å². The molecule has 7 nitrogen and oxygen atoms in total. The van der Waals surface area contributed by atoms with E-state index in [0.29, 0.717) is 34.6 Å². The van der Waals surface area contributed by atoms with Crippen molar-refractivity contribution in [2.45, 2.75) is 19.8 Å². The van der Waals surface area contributed by atoms with Gasteiger partial charge in [-0.1, -0.05) is 0 Å². The quantitative estimate of drug-likeness (QED) is 0.450. The number of rotatable bonds is 6. The van der Waals surface area contributed by atoms with Gasteiger partial charge in [0.25, 0.3) is 0 Å². The van der Waals surface area contributed by atoms with Gasteiger partial charge in [0.1, 0.15) is 0 Å². The molecule has 2 aromatic carbocycles. The van der Waals surface area contributed by atoms with Crippen LogP contribution in [0.2, 0.25) is 0 Å². The molecule has 2 heterocycles. The summed E-state index contributed by atoms with van der Waals surface area (Å²) in [6.07, 6.45) is 3.08. The van der Waals surface area contributed by atoms with Crippen LogP contribution in [0.4, 0.5) is 5.69 Å². The summed E-state index contributed by atoms with van der Waals surface area (Å²) < 4.78 is 17.1. The number of carbonyl (C=O) groups excluding carboxylic acids is 2. The number of benzene rings is 2. The zero-order valence-electron chi connectivity index (χ0n) is 17.2. The van der Waals surface area contributed by atoms with E-state index in [-0.39, 0.29) is 17.5 Å². The van der Waals surface area contributed by atoms with Crippen LogP contribution in [0.3, 0.4) is 0 Å². The van der Waals surface area contributed by atoms with Gasteiger partial charge in [-0.2, -0.15) is 0 Å². The molecular formula is C23H21BrN2O5. The highest BCUT2D eigenvalue weighted by atomic mass is 79.9. The summed E-state index contributed by atoms with van der Waals surface area (Å²) in [5, 5.41) is 0. The van der Waals surface area contributed by atoms with Gasteiger partial charge < -0.3 is 19.1 Å². The van der Waals surface area contributed by atoms with Crippen LogP contribution in [0.15, 0.2) is 51.6 Å². The number of ether oxygens (including phenoxy) is 3. The number of halogens is 1. The van der Waals surface area contributed by atoms with Crippen LogP contribution in [0, 0.1) is 0 Å². The van der Waals surface area contributed by atoms with E-state index < -0.39 is 5.97 Å². The van der Waals surface area contributed by atoms with Crippen molar-refractivity contribution in [1.29, 1.82) is 0 Å². The van der Waals surface area contributed by atoms with Gasteiger partial charge in [-0.15, -0.1) is 0 Å². The molecule has 2 aliphatic rings. The molecule has 1 saturated heterocycles. The van der Waals surface area contributed by atoms with Gasteiger partial charge in [0.2, 0.25) is 11.8 Å². The van der Waals surface area contributed by atoms with Gasteiger partial charge in [0.15, 0.2) is 17.2 Å². The van der Waals surface area contributed by atoms with E-state index in [9.17, 15) is 9.59 Å². The van der Waals surface area contributed by atoms with Crippen molar-refractivity contribution in [3.05, 3.63) is 57.7 Å². The predicted molar refractivity (Wildman–Crippen MR) is 120 cm³/mol. The zero-order valence-corrected chi connectivity index (χ0v) is 18.8. The van der Waals surface area contributed by atoms with E-state index in [1.165, 1.54) is 0 Å². The Bertz CT molecular complexity index is 1090. The van der Waals surface area contributed by atoms with Gasteiger partial charge in [-0.3, -0.25) is 4.79 Å². The van der Waals surface area contributed by atoms with Crippen molar-refractivity contribution < 1.29 is 23.8 Å². The number of esters is 1. The Labute approximate surface area is 188 Å². The molecule has 0 aliphatic carbocycles. The third-order valence-corrected chi connectivity index (χ3v) is 5.55. The first-order valence-electron chi connectivity index (χ1n) is 9.94. The summed E-state index contributed by atoms with van der Waals surface area (Å²) >= 11 is 3.47. The van der Waals surface area contributed by atoms with Crippen molar-refractivity contribution in [2.75, 3.05) is 25.2 Å². The van der Waals surface area contributed by atoms with E-state index >= 15 is 0 Å². The first kappa shape index (κ1) is 21.1. The predicted octanol–water partition coefficient (Wildman–Crippen LogP) is 4.33. The minimum absolute atomic E-state index is 0.125. The molecule has 1 amide bonds. The SMILES string of the molecule is CCOc1cc(C=C2N=C(c3ccc(N4CCCC4=O)cc3)OC2=O)cc(Br)c1OC. The maximum Gasteiger partial charge on any atom is 0.363 e. The average Bonchev–Trinajstić information content (AvgIpc) is 3.34. The summed E-state index contributed by atoms with van der Waals surface area (Å²) in [6, 6.07) is 10.9. The fourth-order valence-corrected chi connectivity index (χ4v) is 4.15. The molecule has 4 rings (SSSR count). The molecule has 1 fully saturated rings. The lowest BCUT2D eigenvalue weighted by molar-refractivity contribution is -0.130. The number of carbonyl (C=O) groups is 2. The van der Waals surface area contributed by atoms with E-state index in [4.69, 9.17) is 14.2 Å². The number of nitrogens with zero attached hydrogens (tertiary/aromatic N) is 2. The Hall–Kier alpha value is -3.13. The molecule has 2 aliphatic heterocycles. The van der Waals surface area contributed by atoms with E-state index in [2.05, 4.69) is 20.9 Å². The van der Waals surface area contributed by atoms with Gasteiger partial charge in [-0.25, -0.2) is 9.79 Å². The average molecular weight is 485 g/mol. The van der Waals surface area contributed by atoms with Crippen molar-refractivity contribution >= 4 is 45.5 Å². The molecule has 0 radical (unpaired) electrons. The second kappa shape index (κ2) is 8.93. The summed E-state index contributed by atoms with van der Waals surface area (Å²) in [6.45, 7) is 3.09. The first-order valence-corrected chi connectivity index (χ1v) is 10.7. The Morgan fingerprint density at radius 2 is 2.00 bits per heavy atom. The lowest BCUT2D eigenvalue weighted by Gasteiger charge is -2.15. The highest BCUT2D eigenvalue weighted by molar-refractivity contribution is 9.10. The first-order chi connectivity index (χ1) is 15.0. The van der Waals surface area contributed by atoms with Crippen molar-refractivity contribution in [2.24, 2.45) is 4.99 Å². The second-order valence-electron chi connectivity index (χ2n) is 7.00. The van der Waals surface area contributed by atoms with Crippen molar-refractivity contribution in [3.63, 3.8) is 0 Å². The molecule has 0 unspecified atom stereocenters. The normalized spacial score (nSPS) is 17.2.